The smallest absolute Gasteiger partial charge is 0.311 e. The maximum absolute atomic E-state index is 12.7. The van der Waals surface area contributed by atoms with Crippen molar-refractivity contribution in [3.63, 3.8) is 0 Å². The first-order chi connectivity index (χ1) is 11.0. The van der Waals surface area contributed by atoms with Gasteiger partial charge in [-0.05, 0) is 31.4 Å². The predicted molar refractivity (Wildman–Crippen MR) is 85.5 cm³/mol. The Morgan fingerprint density at radius 1 is 1.52 bits per heavy atom. The van der Waals surface area contributed by atoms with Gasteiger partial charge in [0.05, 0.1) is 5.41 Å². The van der Waals surface area contributed by atoms with Gasteiger partial charge in [-0.1, -0.05) is 0 Å². The normalized spacial score (nSPS) is 21.0. The summed E-state index contributed by atoms with van der Waals surface area (Å²) in [6.45, 7) is 1.15. The molecular weight excluding hydrogens is 298 g/mol. The number of likely N-dealkylation sites (tertiary alicyclic amines) is 1. The van der Waals surface area contributed by atoms with Crippen LogP contribution in [0, 0.1) is 5.41 Å². The van der Waals surface area contributed by atoms with Gasteiger partial charge in [-0.25, -0.2) is 4.98 Å². The molecule has 1 aromatic rings. The van der Waals surface area contributed by atoms with Crippen molar-refractivity contribution >= 4 is 17.7 Å². The third-order valence-corrected chi connectivity index (χ3v) is 4.37. The summed E-state index contributed by atoms with van der Waals surface area (Å²) in [5.41, 5.74) is -0.416. The van der Waals surface area contributed by atoms with Gasteiger partial charge in [0.2, 0.25) is 0 Å². The van der Waals surface area contributed by atoms with Crippen molar-refractivity contribution in [2.45, 2.75) is 19.3 Å². The number of rotatable bonds is 6. The van der Waals surface area contributed by atoms with E-state index in [1.165, 1.54) is 0 Å². The van der Waals surface area contributed by atoms with E-state index in [2.05, 4.69) is 10.3 Å². The Kier molecular flexibility index (Phi) is 5.54. The number of nitrogens with one attached hydrogen (secondary N) is 1. The number of pyridine rings is 1. The van der Waals surface area contributed by atoms with Crippen LogP contribution in [0.25, 0.3) is 0 Å². The second kappa shape index (κ2) is 7.41. The van der Waals surface area contributed by atoms with Crippen LogP contribution in [0.3, 0.4) is 0 Å². The lowest BCUT2D eigenvalue weighted by molar-refractivity contribution is -0.153. The van der Waals surface area contributed by atoms with Crippen LogP contribution in [0.15, 0.2) is 18.3 Å². The summed E-state index contributed by atoms with van der Waals surface area (Å²) in [4.78, 5) is 30.2. The van der Waals surface area contributed by atoms with Gasteiger partial charge in [0.25, 0.3) is 5.91 Å². The molecule has 1 aliphatic heterocycles. The molecule has 2 rings (SSSR count). The lowest BCUT2D eigenvalue weighted by Gasteiger charge is -2.40. The number of aromatic nitrogens is 1. The largest absolute Gasteiger partial charge is 0.481 e. The minimum Gasteiger partial charge on any atom is -0.481 e. The standard InChI is InChI=1S/C16H23N3O4/c1-17-13-10-12(4-7-18-13)14(20)19-8-3-5-16(11-19,15(21)22)6-9-23-2/h4,7,10H,3,5-6,8-9,11H2,1-2H3,(H,17,18)(H,21,22)/t16-/m1/s1. The first-order valence-electron chi connectivity index (χ1n) is 7.68. The van der Waals surface area contributed by atoms with Gasteiger partial charge >= 0.3 is 5.97 Å². The first-order valence-corrected chi connectivity index (χ1v) is 7.68. The number of hydrogen-bond donors (Lipinski definition) is 2. The van der Waals surface area contributed by atoms with Gasteiger partial charge in [0.15, 0.2) is 0 Å². The van der Waals surface area contributed by atoms with E-state index in [4.69, 9.17) is 4.74 Å². The number of anilines is 1. The van der Waals surface area contributed by atoms with E-state index < -0.39 is 11.4 Å². The third-order valence-electron chi connectivity index (χ3n) is 4.37. The summed E-state index contributed by atoms with van der Waals surface area (Å²) < 4.78 is 5.05. The second-order valence-electron chi connectivity index (χ2n) is 5.84. The van der Waals surface area contributed by atoms with Crippen LogP contribution in [0.4, 0.5) is 5.82 Å². The minimum atomic E-state index is -0.928. The Morgan fingerprint density at radius 2 is 2.30 bits per heavy atom. The summed E-state index contributed by atoms with van der Waals surface area (Å²) in [7, 11) is 3.29. The topological polar surface area (TPSA) is 91.8 Å². The zero-order valence-corrected chi connectivity index (χ0v) is 13.5. The van der Waals surface area contributed by atoms with Crippen molar-refractivity contribution in [1.29, 1.82) is 0 Å². The average molecular weight is 321 g/mol. The highest BCUT2D eigenvalue weighted by Crippen LogP contribution is 2.34. The van der Waals surface area contributed by atoms with E-state index in [1.807, 2.05) is 0 Å². The molecule has 1 atom stereocenters. The Hall–Kier alpha value is -2.15. The molecule has 2 N–H and O–H groups in total. The molecule has 126 valence electrons. The Balaban J connectivity index is 2.18. The molecule has 1 aromatic heterocycles. The monoisotopic (exact) mass is 321 g/mol. The van der Waals surface area contributed by atoms with Crippen LogP contribution in [0.2, 0.25) is 0 Å². The van der Waals surface area contributed by atoms with Crippen LogP contribution in [0.1, 0.15) is 29.6 Å². The molecule has 1 amide bonds. The molecule has 0 aliphatic carbocycles. The van der Waals surface area contributed by atoms with Gasteiger partial charge in [-0.15, -0.1) is 0 Å². The summed E-state index contributed by atoms with van der Waals surface area (Å²) in [5.74, 6) is -0.416. The highest BCUT2D eigenvalue weighted by Gasteiger charge is 2.43. The number of carbonyl (C=O) groups is 2. The van der Waals surface area contributed by atoms with Crippen molar-refractivity contribution in [3.05, 3.63) is 23.9 Å². The summed E-state index contributed by atoms with van der Waals surface area (Å²) >= 11 is 0. The fourth-order valence-electron chi connectivity index (χ4n) is 2.97. The van der Waals surface area contributed by atoms with Gasteiger partial charge in [0, 0.05) is 45.6 Å². The van der Waals surface area contributed by atoms with Crippen molar-refractivity contribution in [3.8, 4) is 0 Å². The number of methoxy groups -OCH3 is 1. The molecule has 7 nitrogen and oxygen atoms in total. The van der Waals surface area contributed by atoms with Crippen LogP contribution in [-0.2, 0) is 9.53 Å². The molecule has 0 saturated carbocycles. The van der Waals surface area contributed by atoms with Gasteiger partial charge in [-0.2, -0.15) is 0 Å². The Morgan fingerprint density at radius 3 is 2.96 bits per heavy atom. The van der Waals surface area contributed by atoms with Crippen molar-refractivity contribution in [1.82, 2.24) is 9.88 Å². The molecule has 1 saturated heterocycles. The summed E-state index contributed by atoms with van der Waals surface area (Å²) in [5, 5.41) is 12.5. The van der Waals surface area contributed by atoms with E-state index in [0.29, 0.717) is 43.8 Å². The molecule has 1 aliphatic rings. The van der Waals surface area contributed by atoms with Gasteiger partial charge < -0.3 is 20.1 Å². The van der Waals surface area contributed by atoms with Crippen LogP contribution in [0.5, 0.6) is 0 Å². The maximum Gasteiger partial charge on any atom is 0.311 e. The number of aliphatic carboxylic acids is 1. The Labute approximate surface area is 135 Å². The van der Waals surface area contributed by atoms with E-state index in [-0.39, 0.29) is 12.5 Å². The number of carboxylic acids is 1. The van der Waals surface area contributed by atoms with E-state index in [9.17, 15) is 14.7 Å². The van der Waals surface area contributed by atoms with Crippen molar-refractivity contribution < 1.29 is 19.4 Å². The number of carbonyl (C=O) groups excluding carboxylic acids is 1. The SMILES string of the molecule is CNc1cc(C(=O)N2CCC[C@](CCOC)(C(=O)O)C2)ccn1. The number of piperidine rings is 1. The highest BCUT2D eigenvalue weighted by molar-refractivity contribution is 5.95. The Bertz CT molecular complexity index is 578. The summed E-state index contributed by atoms with van der Waals surface area (Å²) in [6.07, 6.45) is 3.21. The molecule has 1 fully saturated rings. The van der Waals surface area contributed by atoms with Gasteiger partial charge in [0.1, 0.15) is 5.82 Å². The average Bonchev–Trinajstić information content (AvgIpc) is 2.59. The molecule has 23 heavy (non-hydrogen) atoms. The van der Waals surface area contributed by atoms with Crippen LogP contribution < -0.4 is 5.32 Å². The van der Waals surface area contributed by atoms with E-state index >= 15 is 0 Å². The van der Waals surface area contributed by atoms with Gasteiger partial charge in [-0.3, -0.25) is 9.59 Å². The summed E-state index contributed by atoms with van der Waals surface area (Å²) in [6, 6.07) is 3.32. The zero-order chi connectivity index (χ0) is 16.9. The third kappa shape index (κ3) is 3.79. The fraction of sp³-hybridized carbons (Fsp3) is 0.562. The maximum atomic E-state index is 12.7. The molecule has 2 heterocycles. The first kappa shape index (κ1) is 17.2. The number of nitrogens with zero attached hydrogens (tertiary/aromatic N) is 2. The minimum absolute atomic E-state index is 0.161. The number of carboxylic acid groups (broad SMARTS) is 1. The van der Waals surface area contributed by atoms with E-state index in [0.717, 1.165) is 0 Å². The molecule has 0 bridgehead atoms. The van der Waals surface area contributed by atoms with Crippen molar-refractivity contribution in [2.24, 2.45) is 5.41 Å². The lowest BCUT2D eigenvalue weighted by atomic mass is 9.77. The number of ether oxygens (including phenoxy) is 1. The molecule has 0 unspecified atom stereocenters. The van der Waals surface area contributed by atoms with Crippen LogP contribution in [-0.4, -0.2) is 60.7 Å². The van der Waals surface area contributed by atoms with Crippen molar-refractivity contribution in [2.75, 3.05) is 39.2 Å². The molecular formula is C16H23N3O4. The highest BCUT2D eigenvalue weighted by atomic mass is 16.5. The van der Waals surface area contributed by atoms with E-state index in [1.54, 1.807) is 37.4 Å². The fourth-order valence-corrected chi connectivity index (χ4v) is 2.97. The number of hydrogen-bond acceptors (Lipinski definition) is 5. The molecule has 0 aromatic carbocycles. The lowest BCUT2D eigenvalue weighted by Crippen LogP contribution is -2.50. The quantitative estimate of drug-likeness (QED) is 0.824. The zero-order valence-electron chi connectivity index (χ0n) is 13.5. The van der Waals surface area contributed by atoms with Crippen LogP contribution >= 0.6 is 0 Å². The molecule has 7 heteroatoms. The number of amides is 1. The second-order valence-corrected chi connectivity index (χ2v) is 5.84. The predicted octanol–water partition coefficient (Wildman–Crippen LogP) is 1.47. The molecule has 0 radical (unpaired) electrons. The molecule has 0 spiro atoms.